The summed E-state index contributed by atoms with van der Waals surface area (Å²) in [5, 5.41) is 11.0. The van der Waals surface area contributed by atoms with E-state index in [0.29, 0.717) is 23.4 Å². The van der Waals surface area contributed by atoms with Crippen molar-refractivity contribution >= 4 is 23.2 Å². The molecule has 2 unspecified atom stereocenters. The number of rotatable bonds is 2. The van der Waals surface area contributed by atoms with Gasteiger partial charge in [0.05, 0.1) is 11.1 Å². The fourth-order valence-corrected chi connectivity index (χ4v) is 5.53. The van der Waals surface area contributed by atoms with E-state index in [-0.39, 0.29) is 41.4 Å². The highest BCUT2D eigenvalue weighted by molar-refractivity contribution is 6.36. The molecule has 0 spiro atoms. The van der Waals surface area contributed by atoms with Crippen molar-refractivity contribution in [1.82, 2.24) is 10.0 Å². The van der Waals surface area contributed by atoms with Crippen LogP contribution < -0.4 is 0 Å². The molecule has 2 atom stereocenters. The second-order valence-corrected chi connectivity index (χ2v) is 8.37. The van der Waals surface area contributed by atoms with E-state index in [0.717, 1.165) is 12.1 Å². The molecule has 1 aromatic carbocycles. The lowest BCUT2D eigenvalue weighted by molar-refractivity contribution is -0.217. The Hall–Kier alpha value is -1.63. The summed E-state index contributed by atoms with van der Waals surface area (Å²) < 4.78 is 81.1. The van der Waals surface area contributed by atoms with Gasteiger partial charge in [-0.3, -0.25) is 0 Å². The first-order chi connectivity index (χ1) is 14.4. The molecule has 1 aromatic rings. The van der Waals surface area contributed by atoms with Crippen LogP contribution in [0.4, 0.5) is 26.3 Å². The van der Waals surface area contributed by atoms with Crippen LogP contribution in [0.3, 0.4) is 0 Å². The van der Waals surface area contributed by atoms with Crippen molar-refractivity contribution < 1.29 is 26.3 Å². The number of hydrazine groups is 1. The Kier molecular flexibility index (Phi) is 6.49. The number of fused-ring (bicyclic) bond motifs is 1. The third kappa shape index (κ3) is 4.10. The molecule has 0 aromatic heterocycles. The molecule has 1 saturated heterocycles. The van der Waals surface area contributed by atoms with Crippen LogP contribution in [0.1, 0.15) is 50.2 Å². The SMILES string of the molecule is CCN1N(C#N)C(C(F)(F)F)CCC2=CCCCC21c1c(Cl)cc(C(F)(F)F)cc1Cl. The first-order valence-corrected chi connectivity index (χ1v) is 10.4. The summed E-state index contributed by atoms with van der Waals surface area (Å²) >= 11 is 12.6. The molecule has 170 valence electrons. The van der Waals surface area contributed by atoms with Crippen molar-refractivity contribution in [3.05, 3.63) is 45.0 Å². The van der Waals surface area contributed by atoms with E-state index in [9.17, 15) is 31.6 Å². The minimum Gasteiger partial charge on any atom is -0.229 e. The van der Waals surface area contributed by atoms with Crippen LogP contribution in [0.25, 0.3) is 0 Å². The van der Waals surface area contributed by atoms with Crippen molar-refractivity contribution in [2.24, 2.45) is 0 Å². The number of benzene rings is 1. The maximum absolute atomic E-state index is 13.8. The Bertz CT molecular complexity index is 898. The Balaban J connectivity index is 2.30. The average molecular weight is 486 g/mol. The highest BCUT2D eigenvalue weighted by atomic mass is 35.5. The number of allylic oxidation sites excluding steroid dienone is 1. The van der Waals surface area contributed by atoms with Crippen LogP contribution in [0.2, 0.25) is 10.0 Å². The number of halogens is 8. The molecule has 0 radical (unpaired) electrons. The van der Waals surface area contributed by atoms with Crippen LogP contribution in [-0.4, -0.2) is 28.8 Å². The summed E-state index contributed by atoms with van der Waals surface area (Å²) in [6.45, 7) is 1.58. The minimum absolute atomic E-state index is 0.00648. The quantitative estimate of drug-likeness (QED) is 0.255. The number of likely N-dealkylation sites (N-methyl/N-ethyl adjacent to an activating group) is 1. The van der Waals surface area contributed by atoms with Crippen LogP contribution in [0, 0.1) is 11.5 Å². The van der Waals surface area contributed by atoms with Gasteiger partial charge in [-0.1, -0.05) is 36.2 Å². The molecular formula is C20H19Cl2F6N3. The molecule has 1 heterocycles. The van der Waals surface area contributed by atoms with E-state index in [1.165, 1.54) is 5.01 Å². The monoisotopic (exact) mass is 485 g/mol. The summed E-state index contributed by atoms with van der Waals surface area (Å²) in [4.78, 5) is 0. The first-order valence-electron chi connectivity index (χ1n) is 9.67. The van der Waals surface area contributed by atoms with Gasteiger partial charge in [-0.05, 0) is 49.8 Å². The fourth-order valence-electron chi connectivity index (χ4n) is 4.73. The third-order valence-electron chi connectivity index (χ3n) is 5.91. The van der Waals surface area contributed by atoms with Crippen LogP contribution >= 0.6 is 23.2 Å². The second-order valence-electron chi connectivity index (χ2n) is 7.55. The summed E-state index contributed by atoms with van der Waals surface area (Å²) in [6.07, 6.45) is -4.86. The predicted molar refractivity (Wildman–Crippen MR) is 104 cm³/mol. The standard InChI is InChI=1S/C20H19Cl2F6N3/c1-2-31-18(17-14(21)9-13(10-15(17)22)19(23,24)25)8-4-3-5-12(18)6-7-16(20(26,27)28)30(31)11-29/h5,9-10,16H,2-4,6-8H2,1H3. The molecule has 0 N–H and O–H groups in total. The van der Waals surface area contributed by atoms with E-state index >= 15 is 0 Å². The molecule has 0 amide bonds. The second kappa shape index (κ2) is 8.38. The summed E-state index contributed by atoms with van der Waals surface area (Å²) in [5.41, 5.74) is -1.72. The van der Waals surface area contributed by atoms with Gasteiger partial charge >= 0.3 is 12.4 Å². The Morgan fingerprint density at radius 3 is 2.26 bits per heavy atom. The largest absolute Gasteiger partial charge is 0.416 e. The van der Waals surface area contributed by atoms with Crippen LogP contribution in [0.5, 0.6) is 0 Å². The number of alkyl halides is 6. The minimum atomic E-state index is -4.69. The van der Waals surface area contributed by atoms with E-state index in [1.807, 2.05) is 0 Å². The zero-order valence-electron chi connectivity index (χ0n) is 16.4. The summed E-state index contributed by atoms with van der Waals surface area (Å²) in [6, 6.07) is -0.589. The van der Waals surface area contributed by atoms with E-state index in [1.54, 1.807) is 19.2 Å². The maximum Gasteiger partial charge on any atom is 0.416 e. The van der Waals surface area contributed by atoms with Gasteiger partial charge < -0.3 is 0 Å². The van der Waals surface area contributed by atoms with Crippen LogP contribution in [0.15, 0.2) is 23.8 Å². The number of hydrogen-bond donors (Lipinski definition) is 0. The lowest BCUT2D eigenvalue weighted by Gasteiger charge is -2.50. The fraction of sp³-hybridized carbons (Fsp3) is 0.550. The molecule has 1 aliphatic heterocycles. The van der Waals surface area contributed by atoms with Crippen molar-refractivity contribution in [2.45, 2.75) is 63.0 Å². The molecule has 3 rings (SSSR count). The molecule has 1 aliphatic carbocycles. The number of nitrogens with zero attached hydrogens (tertiary/aromatic N) is 3. The molecule has 3 nitrogen and oxygen atoms in total. The predicted octanol–water partition coefficient (Wildman–Crippen LogP) is 7.06. The van der Waals surface area contributed by atoms with Gasteiger partial charge in [0.2, 0.25) is 0 Å². The molecule has 2 aliphatic rings. The van der Waals surface area contributed by atoms with Gasteiger partial charge in [0, 0.05) is 22.2 Å². The Morgan fingerprint density at radius 1 is 1.16 bits per heavy atom. The van der Waals surface area contributed by atoms with Gasteiger partial charge in [0.15, 0.2) is 12.2 Å². The zero-order valence-corrected chi connectivity index (χ0v) is 17.9. The van der Waals surface area contributed by atoms with Crippen molar-refractivity contribution in [1.29, 1.82) is 5.26 Å². The normalized spacial score (nSPS) is 25.5. The van der Waals surface area contributed by atoms with Crippen molar-refractivity contribution in [3.8, 4) is 6.19 Å². The lowest BCUT2D eigenvalue weighted by atomic mass is 9.72. The average Bonchev–Trinajstić information content (AvgIpc) is 2.80. The third-order valence-corrected chi connectivity index (χ3v) is 6.51. The van der Waals surface area contributed by atoms with E-state index < -0.39 is 29.5 Å². The molecular weight excluding hydrogens is 467 g/mol. The zero-order chi connectivity index (χ0) is 23.2. The lowest BCUT2D eigenvalue weighted by Crippen LogP contribution is -2.59. The summed E-state index contributed by atoms with van der Waals surface area (Å²) in [7, 11) is 0. The summed E-state index contributed by atoms with van der Waals surface area (Å²) in [5.74, 6) is 0. The Labute approximate surface area is 185 Å². The highest BCUT2D eigenvalue weighted by Gasteiger charge is 2.55. The van der Waals surface area contributed by atoms with Crippen molar-refractivity contribution in [2.75, 3.05) is 6.54 Å². The Morgan fingerprint density at radius 2 is 1.77 bits per heavy atom. The molecule has 31 heavy (non-hydrogen) atoms. The smallest absolute Gasteiger partial charge is 0.229 e. The molecule has 0 bridgehead atoms. The van der Waals surface area contributed by atoms with Crippen molar-refractivity contribution in [3.63, 3.8) is 0 Å². The highest BCUT2D eigenvalue weighted by Crippen LogP contribution is 2.54. The maximum atomic E-state index is 13.8. The van der Waals surface area contributed by atoms with Gasteiger partial charge in [-0.25, -0.2) is 5.01 Å². The van der Waals surface area contributed by atoms with Gasteiger partial charge in [-0.2, -0.15) is 36.6 Å². The molecule has 1 fully saturated rings. The van der Waals surface area contributed by atoms with E-state index in [4.69, 9.17) is 23.2 Å². The van der Waals surface area contributed by atoms with E-state index in [2.05, 4.69) is 0 Å². The van der Waals surface area contributed by atoms with Gasteiger partial charge in [0.25, 0.3) is 0 Å². The van der Waals surface area contributed by atoms with Gasteiger partial charge in [-0.15, -0.1) is 0 Å². The van der Waals surface area contributed by atoms with Crippen LogP contribution in [-0.2, 0) is 11.7 Å². The number of hydrogen-bond acceptors (Lipinski definition) is 3. The first kappa shape index (κ1) is 24.0. The molecule has 11 heteroatoms. The van der Waals surface area contributed by atoms with Gasteiger partial charge in [0.1, 0.15) is 0 Å². The number of nitriles is 1. The topological polar surface area (TPSA) is 30.3 Å². The molecule has 0 saturated carbocycles.